The lowest BCUT2D eigenvalue weighted by atomic mass is 10.1. The van der Waals surface area contributed by atoms with Crippen LogP contribution < -0.4 is 4.74 Å². The van der Waals surface area contributed by atoms with Crippen molar-refractivity contribution in [3.8, 4) is 5.75 Å². The molecule has 0 saturated carbocycles. The third kappa shape index (κ3) is 2.65. The van der Waals surface area contributed by atoms with Gasteiger partial charge < -0.3 is 4.74 Å². The minimum Gasteiger partial charge on any atom is -0.487 e. The van der Waals surface area contributed by atoms with Crippen molar-refractivity contribution >= 4 is 6.29 Å². The van der Waals surface area contributed by atoms with E-state index in [1.165, 1.54) is 5.56 Å². The fourth-order valence-electron chi connectivity index (χ4n) is 1.87. The van der Waals surface area contributed by atoms with Crippen LogP contribution in [0.15, 0.2) is 18.2 Å². The van der Waals surface area contributed by atoms with Crippen molar-refractivity contribution in [2.75, 3.05) is 0 Å². The molecule has 0 spiro atoms. The van der Waals surface area contributed by atoms with E-state index in [2.05, 4.69) is 10.3 Å². The first kappa shape index (κ1) is 13.3. The predicted octanol–water partition coefficient (Wildman–Crippen LogP) is 2.31. The van der Waals surface area contributed by atoms with Crippen LogP contribution in [0.4, 0.5) is 0 Å². The second-order valence-electron chi connectivity index (χ2n) is 4.34. The number of aromatic nitrogens is 3. The van der Waals surface area contributed by atoms with Gasteiger partial charge in [0.25, 0.3) is 0 Å². The fraction of sp³-hybridized carbons (Fsp3) is 0.357. The lowest BCUT2D eigenvalue weighted by Crippen LogP contribution is -2.08. The third-order valence-electron chi connectivity index (χ3n) is 3.20. The van der Waals surface area contributed by atoms with Crippen LogP contribution in [0.25, 0.3) is 0 Å². The number of benzene rings is 1. The van der Waals surface area contributed by atoms with E-state index in [1.807, 2.05) is 39.0 Å². The molecule has 5 nitrogen and oxygen atoms in total. The van der Waals surface area contributed by atoms with Gasteiger partial charge in [0.05, 0.1) is 0 Å². The number of hydrogen-bond acceptors (Lipinski definition) is 4. The Morgan fingerprint density at radius 1 is 1.37 bits per heavy atom. The summed E-state index contributed by atoms with van der Waals surface area (Å²) in [6, 6.07) is 5.91. The first-order chi connectivity index (χ1) is 9.17. The number of ether oxygens (including phenoxy) is 1. The van der Waals surface area contributed by atoms with Crippen LogP contribution in [0, 0.1) is 13.8 Å². The third-order valence-corrected chi connectivity index (χ3v) is 3.20. The molecule has 2 aromatic rings. The summed E-state index contributed by atoms with van der Waals surface area (Å²) >= 11 is 0. The van der Waals surface area contributed by atoms with Crippen LogP contribution in [0.5, 0.6) is 5.75 Å². The quantitative estimate of drug-likeness (QED) is 0.773. The molecule has 0 aliphatic rings. The summed E-state index contributed by atoms with van der Waals surface area (Å²) in [4.78, 5) is 10.9. The summed E-state index contributed by atoms with van der Waals surface area (Å²) in [6.45, 7) is 6.95. The van der Waals surface area contributed by atoms with Gasteiger partial charge in [-0.1, -0.05) is 17.3 Å². The smallest absolute Gasteiger partial charge is 0.172 e. The molecule has 0 fully saturated rings. The predicted molar refractivity (Wildman–Crippen MR) is 71.3 cm³/mol. The van der Waals surface area contributed by atoms with Crippen molar-refractivity contribution < 1.29 is 9.53 Å². The van der Waals surface area contributed by atoms with Gasteiger partial charge in [-0.2, -0.15) is 0 Å². The van der Waals surface area contributed by atoms with E-state index in [-0.39, 0.29) is 0 Å². The zero-order valence-corrected chi connectivity index (χ0v) is 11.4. The van der Waals surface area contributed by atoms with Gasteiger partial charge in [-0.25, -0.2) is 4.68 Å². The Labute approximate surface area is 112 Å². The average Bonchev–Trinajstić information content (AvgIpc) is 2.82. The minimum absolute atomic E-state index is 0.291. The highest BCUT2D eigenvalue weighted by molar-refractivity contribution is 5.73. The van der Waals surface area contributed by atoms with Crippen LogP contribution in [0.2, 0.25) is 0 Å². The Morgan fingerprint density at radius 2 is 2.16 bits per heavy atom. The molecule has 0 radical (unpaired) electrons. The maximum Gasteiger partial charge on any atom is 0.172 e. The number of hydrogen-bond donors (Lipinski definition) is 0. The van der Waals surface area contributed by atoms with Crippen molar-refractivity contribution in [1.82, 2.24) is 15.0 Å². The average molecular weight is 259 g/mol. The molecule has 0 amide bonds. The Hall–Kier alpha value is -2.17. The molecule has 0 bridgehead atoms. The Bertz CT molecular complexity index is 590. The largest absolute Gasteiger partial charge is 0.487 e. The first-order valence-corrected chi connectivity index (χ1v) is 6.24. The van der Waals surface area contributed by atoms with E-state index in [1.54, 1.807) is 4.68 Å². The lowest BCUT2D eigenvalue weighted by molar-refractivity contribution is 0.111. The summed E-state index contributed by atoms with van der Waals surface area (Å²) in [5.74, 6) is 0.820. The molecule has 0 saturated heterocycles. The molecule has 5 heteroatoms. The molecule has 0 aliphatic carbocycles. The summed E-state index contributed by atoms with van der Waals surface area (Å²) in [7, 11) is 0. The maximum absolute atomic E-state index is 10.9. The van der Waals surface area contributed by atoms with E-state index in [4.69, 9.17) is 4.74 Å². The minimum atomic E-state index is 0.291. The van der Waals surface area contributed by atoms with Crippen molar-refractivity contribution in [2.45, 2.75) is 33.9 Å². The molecule has 1 heterocycles. The van der Waals surface area contributed by atoms with Crippen LogP contribution >= 0.6 is 0 Å². The number of nitrogens with zero attached hydrogens (tertiary/aromatic N) is 3. The van der Waals surface area contributed by atoms with Crippen LogP contribution in [0.3, 0.4) is 0 Å². The highest BCUT2D eigenvalue weighted by atomic mass is 16.5. The lowest BCUT2D eigenvalue weighted by Gasteiger charge is -2.11. The normalized spacial score (nSPS) is 10.5. The van der Waals surface area contributed by atoms with Crippen molar-refractivity contribution in [2.24, 2.45) is 0 Å². The zero-order chi connectivity index (χ0) is 13.8. The Kier molecular flexibility index (Phi) is 3.94. The van der Waals surface area contributed by atoms with Gasteiger partial charge in [0.1, 0.15) is 18.1 Å². The molecule has 1 aromatic heterocycles. The van der Waals surface area contributed by atoms with E-state index in [9.17, 15) is 4.79 Å². The molecule has 2 rings (SSSR count). The first-order valence-electron chi connectivity index (χ1n) is 6.24. The highest BCUT2D eigenvalue weighted by Crippen LogP contribution is 2.21. The van der Waals surface area contributed by atoms with E-state index in [0.717, 1.165) is 11.3 Å². The van der Waals surface area contributed by atoms with Crippen molar-refractivity contribution in [3.05, 3.63) is 40.7 Å². The zero-order valence-electron chi connectivity index (χ0n) is 11.4. The molecule has 0 aliphatic heterocycles. The number of rotatable bonds is 5. The van der Waals surface area contributed by atoms with E-state index in [0.29, 0.717) is 30.8 Å². The number of carbonyl (C=O) groups is 1. The molecule has 0 unspecified atom stereocenters. The van der Waals surface area contributed by atoms with Crippen molar-refractivity contribution in [3.63, 3.8) is 0 Å². The molecule has 0 atom stereocenters. The van der Waals surface area contributed by atoms with Gasteiger partial charge in [0.15, 0.2) is 12.0 Å². The molecule has 0 N–H and O–H groups in total. The second-order valence-corrected chi connectivity index (χ2v) is 4.34. The second kappa shape index (κ2) is 5.65. The van der Waals surface area contributed by atoms with Crippen molar-refractivity contribution in [1.29, 1.82) is 0 Å². The van der Waals surface area contributed by atoms with E-state index < -0.39 is 0 Å². The van der Waals surface area contributed by atoms with Gasteiger partial charge in [-0.05, 0) is 38.0 Å². The summed E-state index contributed by atoms with van der Waals surface area (Å²) in [5.41, 5.74) is 3.33. The Balaban J connectivity index is 2.21. The number of carbonyl (C=O) groups excluding carboxylic acids is 1. The molecule has 19 heavy (non-hydrogen) atoms. The van der Waals surface area contributed by atoms with Crippen LogP contribution in [-0.2, 0) is 13.2 Å². The molecular formula is C14H17N3O2. The number of aldehydes is 1. The maximum atomic E-state index is 10.9. The summed E-state index contributed by atoms with van der Waals surface area (Å²) in [6.07, 6.45) is 0.709. The summed E-state index contributed by atoms with van der Waals surface area (Å²) in [5, 5.41) is 7.74. The SMILES string of the molecule is CCn1nnc(C=O)c1COc1cccc(C)c1C. The molecule has 100 valence electrons. The Morgan fingerprint density at radius 3 is 2.84 bits per heavy atom. The van der Waals surface area contributed by atoms with E-state index >= 15 is 0 Å². The van der Waals surface area contributed by atoms with Gasteiger partial charge in [0, 0.05) is 6.54 Å². The summed E-state index contributed by atoms with van der Waals surface area (Å²) < 4.78 is 7.46. The van der Waals surface area contributed by atoms with Gasteiger partial charge in [-0.15, -0.1) is 5.10 Å². The fourth-order valence-corrected chi connectivity index (χ4v) is 1.87. The standard InChI is InChI=1S/C14H17N3O2/c1-4-17-13(12(8-18)15-16-17)9-19-14-7-5-6-10(2)11(14)3/h5-8H,4,9H2,1-3H3. The molecular weight excluding hydrogens is 242 g/mol. The molecule has 1 aromatic carbocycles. The topological polar surface area (TPSA) is 57.0 Å². The van der Waals surface area contributed by atoms with Gasteiger partial charge in [-0.3, -0.25) is 4.79 Å². The number of aryl methyl sites for hydroxylation is 2. The van der Waals surface area contributed by atoms with Gasteiger partial charge in [0.2, 0.25) is 0 Å². The van der Waals surface area contributed by atoms with Gasteiger partial charge >= 0.3 is 0 Å². The van der Waals surface area contributed by atoms with Crippen LogP contribution in [0.1, 0.15) is 34.2 Å². The monoisotopic (exact) mass is 259 g/mol. The highest BCUT2D eigenvalue weighted by Gasteiger charge is 2.12. The van der Waals surface area contributed by atoms with Crippen LogP contribution in [-0.4, -0.2) is 21.3 Å².